The number of rotatable bonds is 5. The van der Waals surface area contributed by atoms with Crippen LogP contribution in [0.2, 0.25) is 0 Å². The Balaban J connectivity index is 1.83. The smallest absolute Gasteiger partial charge is 0.387 e. The van der Waals surface area contributed by atoms with Crippen molar-refractivity contribution in [2.75, 3.05) is 5.32 Å². The predicted molar refractivity (Wildman–Crippen MR) is 114 cm³/mol. The van der Waals surface area contributed by atoms with Gasteiger partial charge in [-0.3, -0.25) is 9.97 Å². The molecule has 0 aromatic carbocycles. The van der Waals surface area contributed by atoms with Gasteiger partial charge in [-0.25, -0.2) is 9.97 Å². The molecule has 4 aromatic rings. The largest absolute Gasteiger partial charge is 0.433 e. The molecule has 4 heterocycles. The lowest BCUT2D eigenvalue weighted by Crippen LogP contribution is -2.10. The summed E-state index contributed by atoms with van der Waals surface area (Å²) < 4.78 is 78.7. The first-order chi connectivity index (χ1) is 16.9. The van der Waals surface area contributed by atoms with Crippen molar-refractivity contribution in [2.24, 2.45) is 0 Å². The van der Waals surface area contributed by atoms with Gasteiger partial charge in [-0.1, -0.05) is 6.07 Å². The Morgan fingerprint density at radius 3 is 2.17 bits per heavy atom. The zero-order chi connectivity index (χ0) is 26.1. The van der Waals surface area contributed by atoms with E-state index >= 15 is 0 Å². The summed E-state index contributed by atoms with van der Waals surface area (Å²) in [6.45, 7) is 1.48. The van der Waals surface area contributed by atoms with Gasteiger partial charge in [0.05, 0.1) is 11.8 Å². The Labute approximate surface area is 199 Å². The molecule has 1 unspecified atom stereocenters. The minimum atomic E-state index is -4.73. The van der Waals surface area contributed by atoms with Crippen molar-refractivity contribution in [3.63, 3.8) is 0 Å². The fraction of sp³-hybridized carbons (Fsp3) is 0.182. The average molecular weight is 507 g/mol. The lowest BCUT2D eigenvalue weighted by molar-refractivity contribution is -0.141. The van der Waals surface area contributed by atoms with Gasteiger partial charge in [-0.2, -0.15) is 36.3 Å². The highest BCUT2D eigenvalue weighted by Gasteiger charge is 2.33. The quantitative estimate of drug-likeness (QED) is 0.354. The normalized spacial score (nSPS) is 12.9. The van der Waals surface area contributed by atoms with E-state index in [2.05, 4.69) is 35.2 Å². The van der Waals surface area contributed by atoms with Crippen molar-refractivity contribution in [1.29, 1.82) is 0 Å². The Hall–Kier alpha value is -4.20. The van der Waals surface area contributed by atoms with Gasteiger partial charge in [-0.05, 0) is 43.3 Å². The van der Waals surface area contributed by atoms with Crippen LogP contribution in [-0.4, -0.2) is 35.0 Å². The second kappa shape index (κ2) is 9.45. The monoisotopic (exact) mass is 507 g/mol. The highest BCUT2D eigenvalue weighted by atomic mass is 19.4. The second-order valence-corrected chi connectivity index (χ2v) is 7.41. The summed E-state index contributed by atoms with van der Waals surface area (Å²) in [5.74, 6) is -0.575. The van der Waals surface area contributed by atoms with Gasteiger partial charge < -0.3 is 10.4 Å². The molecule has 1 atom stereocenters. The minimum Gasteiger partial charge on any atom is -0.387 e. The third kappa shape index (κ3) is 5.71. The molecule has 4 aromatic heterocycles. The molecular formula is C22H15F6N7O. The second-order valence-electron chi connectivity index (χ2n) is 7.41. The molecule has 0 aliphatic carbocycles. The van der Waals surface area contributed by atoms with E-state index in [-0.39, 0.29) is 34.7 Å². The Bertz CT molecular complexity index is 1390. The molecule has 0 bridgehead atoms. The minimum absolute atomic E-state index is 0.0453. The van der Waals surface area contributed by atoms with Crippen molar-refractivity contribution in [2.45, 2.75) is 25.4 Å². The SMILES string of the molecule is CC(O)c1cc(-c2nc(Nc3ccnc(C(F)(F)F)c3)nc(-c3cccc(C(F)(F)F)n3)n2)ccn1. The summed E-state index contributed by atoms with van der Waals surface area (Å²) in [6.07, 6.45) is -8.07. The highest BCUT2D eigenvalue weighted by Crippen LogP contribution is 2.31. The van der Waals surface area contributed by atoms with Crippen LogP contribution in [0.15, 0.2) is 54.9 Å². The van der Waals surface area contributed by atoms with Crippen molar-refractivity contribution in [3.05, 3.63) is 71.9 Å². The number of hydrogen-bond acceptors (Lipinski definition) is 8. The van der Waals surface area contributed by atoms with Crippen molar-refractivity contribution < 1.29 is 31.4 Å². The van der Waals surface area contributed by atoms with Crippen LogP contribution >= 0.6 is 0 Å². The molecule has 0 amide bonds. The van der Waals surface area contributed by atoms with Gasteiger partial charge in [-0.15, -0.1) is 0 Å². The first-order valence-corrected chi connectivity index (χ1v) is 10.2. The number of pyridine rings is 3. The molecule has 0 aliphatic rings. The van der Waals surface area contributed by atoms with E-state index < -0.39 is 29.8 Å². The molecule has 186 valence electrons. The van der Waals surface area contributed by atoms with Gasteiger partial charge in [0.2, 0.25) is 5.95 Å². The molecule has 0 fully saturated rings. The van der Waals surface area contributed by atoms with E-state index in [0.29, 0.717) is 5.56 Å². The summed E-state index contributed by atoms with van der Waals surface area (Å²) in [4.78, 5) is 23.3. The Morgan fingerprint density at radius 2 is 1.47 bits per heavy atom. The van der Waals surface area contributed by atoms with Gasteiger partial charge >= 0.3 is 12.4 Å². The summed E-state index contributed by atoms with van der Waals surface area (Å²) in [6, 6.07) is 8.06. The van der Waals surface area contributed by atoms with E-state index in [1.165, 1.54) is 37.4 Å². The third-order valence-corrected chi connectivity index (χ3v) is 4.68. The number of nitrogens with one attached hydrogen (secondary N) is 1. The number of nitrogens with zero attached hydrogens (tertiary/aromatic N) is 6. The van der Waals surface area contributed by atoms with Crippen LogP contribution in [-0.2, 0) is 12.4 Å². The highest BCUT2D eigenvalue weighted by molar-refractivity contribution is 5.63. The molecule has 4 rings (SSSR count). The van der Waals surface area contributed by atoms with E-state index in [1.807, 2.05) is 0 Å². The van der Waals surface area contributed by atoms with Gasteiger partial charge in [0.15, 0.2) is 11.6 Å². The van der Waals surface area contributed by atoms with Crippen molar-refractivity contribution >= 4 is 11.6 Å². The van der Waals surface area contributed by atoms with E-state index in [0.717, 1.165) is 24.4 Å². The number of halogens is 6. The maximum Gasteiger partial charge on any atom is 0.433 e. The van der Waals surface area contributed by atoms with E-state index in [4.69, 9.17) is 0 Å². The van der Waals surface area contributed by atoms with E-state index in [1.54, 1.807) is 0 Å². The zero-order valence-corrected chi connectivity index (χ0v) is 18.2. The molecule has 0 saturated carbocycles. The van der Waals surface area contributed by atoms with Crippen molar-refractivity contribution in [1.82, 2.24) is 29.9 Å². The van der Waals surface area contributed by atoms with Crippen LogP contribution in [0.25, 0.3) is 22.9 Å². The van der Waals surface area contributed by atoms with Crippen LogP contribution in [0.4, 0.5) is 38.0 Å². The van der Waals surface area contributed by atoms with Crippen LogP contribution in [0.3, 0.4) is 0 Å². The summed E-state index contributed by atoms with van der Waals surface area (Å²) in [7, 11) is 0. The first kappa shape index (κ1) is 24.9. The Kier molecular flexibility index (Phi) is 6.54. The predicted octanol–water partition coefficient (Wildman–Crippen LogP) is 5.23. The fourth-order valence-corrected chi connectivity index (χ4v) is 3.00. The topological polar surface area (TPSA) is 110 Å². The van der Waals surface area contributed by atoms with Gasteiger partial charge in [0.1, 0.15) is 17.1 Å². The van der Waals surface area contributed by atoms with E-state index in [9.17, 15) is 31.4 Å². The number of aromatic nitrogens is 6. The van der Waals surface area contributed by atoms with Crippen LogP contribution in [0, 0.1) is 0 Å². The number of hydrogen-bond donors (Lipinski definition) is 2. The number of aliphatic hydroxyl groups is 1. The third-order valence-electron chi connectivity index (χ3n) is 4.68. The molecule has 0 spiro atoms. The summed E-state index contributed by atoms with van der Waals surface area (Å²) in [5, 5.41) is 12.4. The lowest BCUT2D eigenvalue weighted by atomic mass is 10.1. The molecule has 0 aliphatic heterocycles. The van der Waals surface area contributed by atoms with Crippen molar-refractivity contribution in [3.8, 4) is 22.9 Å². The number of anilines is 2. The first-order valence-electron chi connectivity index (χ1n) is 10.2. The maximum atomic E-state index is 13.2. The van der Waals surface area contributed by atoms with Crippen LogP contribution < -0.4 is 5.32 Å². The summed E-state index contributed by atoms with van der Waals surface area (Å²) >= 11 is 0. The number of alkyl halides is 6. The summed E-state index contributed by atoms with van der Waals surface area (Å²) in [5.41, 5.74) is -2.07. The average Bonchev–Trinajstić information content (AvgIpc) is 2.83. The molecular weight excluding hydrogens is 492 g/mol. The molecule has 8 nitrogen and oxygen atoms in total. The molecule has 0 saturated heterocycles. The van der Waals surface area contributed by atoms with Gasteiger partial charge in [0, 0.05) is 23.6 Å². The zero-order valence-electron chi connectivity index (χ0n) is 18.2. The van der Waals surface area contributed by atoms with Gasteiger partial charge in [0.25, 0.3) is 0 Å². The molecule has 14 heteroatoms. The standard InChI is InChI=1S/C22H15F6N7O/c1-11(36)15-9-12(5-7-29-15)18-33-19(14-3-2-4-16(32-14)21(23,24)25)35-20(34-18)31-13-6-8-30-17(10-13)22(26,27)28/h2-11,36H,1H3,(H,30,31,33,34,35). The molecule has 36 heavy (non-hydrogen) atoms. The Morgan fingerprint density at radius 1 is 0.778 bits per heavy atom. The van der Waals surface area contributed by atoms with Crippen LogP contribution in [0.1, 0.15) is 30.1 Å². The molecule has 2 N–H and O–H groups in total. The number of aliphatic hydroxyl groups excluding tert-OH is 1. The maximum absolute atomic E-state index is 13.2. The lowest BCUT2D eigenvalue weighted by Gasteiger charge is -2.12. The fourth-order valence-electron chi connectivity index (χ4n) is 3.00. The van der Waals surface area contributed by atoms with Crippen LogP contribution in [0.5, 0.6) is 0 Å². The molecule has 0 radical (unpaired) electrons.